The van der Waals surface area contributed by atoms with Crippen molar-refractivity contribution < 1.29 is 17.9 Å². The van der Waals surface area contributed by atoms with Crippen LogP contribution in [0.3, 0.4) is 0 Å². The lowest BCUT2D eigenvalue weighted by molar-refractivity contribution is 0.0508. The van der Waals surface area contributed by atoms with E-state index in [0.29, 0.717) is 18.7 Å². The molecule has 2 rings (SSSR count). The lowest BCUT2D eigenvalue weighted by Crippen LogP contribution is -2.44. The Bertz CT molecular complexity index is 682. The first-order valence-corrected chi connectivity index (χ1v) is 9.63. The van der Waals surface area contributed by atoms with Gasteiger partial charge in [-0.05, 0) is 39.3 Å². The minimum Gasteiger partial charge on any atom is -0.496 e. The zero-order chi connectivity index (χ0) is 17.4. The molecule has 0 aliphatic carbocycles. The summed E-state index contributed by atoms with van der Waals surface area (Å²) in [5, 5.41) is 0. The number of benzene rings is 1. The fourth-order valence-electron chi connectivity index (χ4n) is 3.21. The molecule has 6 heteroatoms. The van der Waals surface area contributed by atoms with Crippen molar-refractivity contribution in [3.63, 3.8) is 0 Å². The first kappa shape index (κ1) is 18.1. The third kappa shape index (κ3) is 3.48. The van der Waals surface area contributed by atoms with E-state index >= 15 is 0 Å². The van der Waals surface area contributed by atoms with Crippen LogP contribution in [0, 0.1) is 6.92 Å². The molecule has 0 saturated carbocycles. The molecule has 1 aromatic rings. The normalized spacial score (nSPS) is 20.0. The summed E-state index contributed by atoms with van der Waals surface area (Å²) >= 11 is 0. The Labute approximate surface area is 139 Å². The van der Waals surface area contributed by atoms with Gasteiger partial charge in [0, 0.05) is 24.6 Å². The lowest BCUT2D eigenvalue weighted by atomic mass is 9.88. The summed E-state index contributed by atoms with van der Waals surface area (Å²) in [5.74, 6) is 1.56. The standard InChI is InChI=1S/C17H27NO4S/c1-7-18(23(19,20)8-2)14-11-17(4,5)22-16-10-15(21-6)12(3)9-13(14)16/h9-10,14H,7-8,11H2,1-6H3. The first-order chi connectivity index (χ1) is 10.6. The molecule has 0 bridgehead atoms. The van der Waals surface area contributed by atoms with Crippen LogP contribution in [0.4, 0.5) is 0 Å². The van der Waals surface area contributed by atoms with Crippen molar-refractivity contribution in [1.82, 2.24) is 4.31 Å². The number of fused-ring (bicyclic) bond motifs is 1. The predicted octanol–water partition coefficient (Wildman–Crippen LogP) is 3.28. The van der Waals surface area contributed by atoms with E-state index in [-0.39, 0.29) is 11.8 Å². The Hall–Kier alpha value is -1.27. The fourth-order valence-corrected chi connectivity index (χ4v) is 4.51. The molecule has 1 unspecified atom stereocenters. The summed E-state index contributed by atoms with van der Waals surface area (Å²) in [5.41, 5.74) is 1.46. The average molecular weight is 341 g/mol. The maximum absolute atomic E-state index is 12.5. The number of hydrogen-bond donors (Lipinski definition) is 0. The van der Waals surface area contributed by atoms with E-state index in [0.717, 1.165) is 16.9 Å². The highest BCUT2D eigenvalue weighted by atomic mass is 32.2. The summed E-state index contributed by atoms with van der Waals surface area (Å²) in [6.07, 6.45) is 0.624. The van der Waals surface area contributed by atoms with Crippen molar-refractivity contribution >= 4 is 10.0 Å². The number of nitrogens with zero attached hydrogens (tertiary/aromatic N) is 1. The molecule has 0 spiro atoms. The maximum Gasteiger partial charge on any atom is 0.214 e. The van der Waals surface area contributed by atoms with Gasteiger partial charge in [0.25, 0.3) is 0 Å². The number of aryl methyl sites for hydroxylation is 1. The van der Waals surface area contributed by atoms with Gasteiger partial charge in [0.15, 0.2) is 0 Å². The molecule has 0 aromatic heterocycles. The van der Waals surface area contributed by atoms with Gasteiger partial charge >= 0.3 is 0 Å². The molecule has 0 amide bonds. The van der Waals surface area contributed by atoms with E-state index in [9.17, 15) is 8.42 Å². The van der Waals surface area contributed by atoms with Crippen LogP contribution in [0.2, 0.25) is 0 Å². The second-order valence-corrected chi connectivity index (χ2v) is 8.76. The summed E-state index contributed by atoms with van der Waals surface area (Å²) in [4.78, 5) is 0. The van der Waals surface area contributed by atoms with Gasteiger partial charge in [0.05, 0.1) is 18.9 Å². The van der Waals surface area contributed by atoms with Crippen molar-refractivity contribution in [3.8, 4) is 11.5 Å². The van der Waals surface area contributed by atoms with E-state index in [1.165, 1.54) is 0 Å². The van der Waals surface area contributed by atoms with Crippen LogP contribution in [0.1, 0.15) is 51.3 Å². The number of ether oxygens (including phenoxy) is 2. The molecule has 1 heterocycles. The molecule has 0 radical (unpaired) electrons. The third-order valence-corrected chi connectivity index (χ3v) is 6.30. The van der Waals surface area contributed by atoms with E-state index < -0.39 is 15.6 Å². The Morgan fingerprint density at radius 1 is 1.35 bits per heavy atom. The van der Waals surface area contributed by atoms with Crippen LogP contribution in [0.25, 0.3) is 0 Å². The highest BCUT2D eigenvalue weighted by Crippen LogP contribution is 2.45. The van der Waals surface area contributed by atoms with Gasteiger partial charge in [0.2, 0.25) is 10.0 Å². The lowest BCUT2D eigenvalue weighted by Gasteiger charge is -2.42. The second kappa shape index (κ2) is 6.32. The summed E-state index contributed by atoms with van der Waals surface area (Å²) in [6, 6.07) is 3.64. The van der Waals surface area contributed by atoms with E-state index in [2.05, 4.69) is 0 Å². The number of methoxy groups -OCH3 is 1. The molecular formula is C17H27NO4S. The molecular weight excluding hydrogens is 314 g/mol. The van der Waals surface area contributed by atoms with Crippen molar-refractivity contribution in [1.29, 1.82) is 0 Å². The van der Waals surface area contributed by atoms with Crippen molar-refractivity contribution in [2.45, 2.75) is 52.7 Å². The molecule has 1 aromatic carbocycles. The number of rotatable bonds is 5. The Morgan fingerprint density at radius 2 is 2.00 bits per heavy atom. The third-order valence-electron chi connectivity index (χ3n) is 4.34. The number of hydrogen-bond acceptors (Lipinski definition) is 4. The molecule has 0 N–H and O–H groups in total. The average Bonchev–Trinajstić information content (AvgIpc) is 2.47. The monoisotopic (exact) mass is 341 g/mol. The molecule has 1 aliphatic heterocycles. The summed E-state index contributed by atoms with van der Waals surface area (Å²) in [7, 11) is -1.66. The van der Waals surface area contributed by atoms with E-state index in [4.69, 9.17) is 9.47 Å². The maximum atomic E-state index is 12.5. The molecule has 1 atom stereocenters. The van der Waals surface area contributed by atoms with Gasteiger partial charge in [-0.15, -0.1) is 0 Å². The highest BCUT2D eigenvalue weighted by Gasteiger charge is 2.40. The van der Waals surface area contributed by atoms with Gasteiger partial charge in [-0.3, -0.25) is 0 Å². The van der Waals surface area contributed by atoms with Gasteiger partial charge in [0.1, 0.15) is 17.1 Å². The van der Waals surface area contributed by atoms with Crippen molar-refractivity contribution in [3.05, 3.63) is 23.3 Å². The van der Waals surface area contributed by atoms with Gasteiger partial charge in [-0.25, -0.2) is 8.42 Å². The Balaban J connectivity index is 2.60. The topological polar surface area (TPSA) is 55.8 Å². The minimum atomic E-state index is -3.28. The molecule has 130 valence electrons. The molecule has 23 heavy (non-hydrogen) atoms. The smallest absolute Gasteiger partial charge is 0.214 e. The van der Waals surface area contributed by atoms with Gasteiger partial charge in [-0.1, -0.05) is 6.92 Å². The largest absolute Gasteiger partial charge is 0.496 e. The Kier molecular flexibility index (Phi) is 4.97. The second-order valence-electron chi connectivity index (χ2n) is 6.55. The predicted molar refractivity (Wildman–Crippen MR) is 91.6 cm³/mol. The molecule has 0 saturated heterocycles. The van der Waals surface area contributed by atoms with Crippen LogP contribution in [0.15, 0.2) is 12.1 Å². The zero-order valence-corrected chi connectivity index (χ0v) is 15.7. The van der Waals surface area contributed by atoms with Crippen molar-refractivity contribution in [2.24, 2.45) is 0 Å². The summed E-state index contributed by atoms with van der Waals surface area (Å²) in [6.45, 7) is 9.94. The van der Waals surface area contributed by atoms with Gasteiger partial charge in [-0.2, -0.15) is 4.31 Å². The Morgan fingerprint density at radius 3 is 2.52 bits per heavy atom. The highest BCUT2D eigenvalue weighted by molar-refractivity contribution is 7.89. The molecule has 1 aliphatic rings. The molecule has 0 fully saturated rings. The summed E-state index contributed by atoms with van der Waals surface area (Å²) < 4.78 is 38.1. The van der Waals surface area contributed by atoms with Crippen LogP contribution < -0.4 is 9.47 Å². The van der Waals surface area contributed by atoms with Gasteiger partial charge < -0.3 is 9.47 Å². The van der Waals surface area contributed by atoms with Crippen LogP contribution in [-0.4, -0.2) is 37.7 Å². The van der Waals surface area contributed by atoms with Crippen LogP contribution >= 0.6 is 0 Å². The van der Waals surface area contributed by atoms with Crippen LogP contribution in [-0.2, 0) is 10.0 Å². The quantitative estimate of drug-likeness (QED) is 0.825. The molecule has 5 nitrogen and oxygen atoms in total. The SMILES string of the molecule is CCN(C1CC(C)(C)Oc2cc(OC)c(C)cc21)S(=O)(=O)CC. The fraction of sp³-hybridized carbons (Fsp3) is 0.647. The first-order valence-electron chi connectivity index (χ1n) is 8.02. The van der Waals surface area contributed by atoms with E-state index in [1.807, 2.05) is 39.8 Å². The zero-order valence-electron chi connectivity index (χ0n) is 14.8. The van der Waals surface area contributed by atoms with Crippen LogP contribution in [0.5, 0.6) is 11.5 Å². The van der Waals surface area contributed by atoms with Crippen molar-refractivity contribution in [2.75, 3.05) is 19.4 Å². The number of sulfonamides is 1. The minimum absolute atomic E-state index is 0.100. The van der Waals surface area contributed by atoms with E-state index in [1.54, 1.807) is 18.3 Å².